The molecule has 3 atom stereocenters. The van der Waals surface area contributed by atoms with Crippen molar-refractivity contribution in [1.82, 2.24) is 5.32 Å². The summed E-state index contributed by atoms with van der Waals surface area (Å²) in [6.07, 6.45) is 1.81. The molecule has 0 spiro atoms. The molecule has 88 valence electrons. The fourth-order valence-electron chi connectivity index (χ4n) is 2.74. The van der Waals surface area contributed by atoms with Gasteiger partial charge in [-0.15, -0.1) is 0 Å². The van der Waals surface area contributed by atoms with E-state index in [1.807, 2.05) is 7.05 Å². The maximum atomic E-state index is 11.4. The first-order valence-corrected chi connectivity index (χ1v) is 7.40. The molecule has 2 rings (SSSR count). The van der Waals surface area contributed by atoms with Crippen LogP contribution in [0.3, 0.4) is 0 Å². The Hall–Kier alpha value is -0.130. The van der Waals surface area contributed by atoms with E-state index in [0.29, 0.717) is 36.0 Å². The molecule has 0 radical (unpaired) electrons. The zero-order valence-corrected chi connectivity index (χ0v) is 9.92. The predicted molar refractivity (Wildman–Crippen MR) is 58.5 cm³/mol. The Kier molecular flexibility index (Phi) is 3.33. The fraction of sp³-hybridized carbons (Fsp3) is 1.00. The van der Waals surface area contributed by atoms with Crippen molar-refractivity contribution in [1.29, 1.82) is 0 Å². The number of ether oxygens (including phenoxy) is 1. The molecule has 1 N–H and O–H groups in total. The Bertz CT molecular complexity index is 315. The number of nitrogens with one attached hydrogen (secondary N) is 1. The average Bonchev–Trinajstić information content (AvgIpc) is 2.59. The molecule has 0 bridgehead atoms. The van der Waals surface area contributed by atoms with Crippen LogP contribution in [0.1, 0.15) is 12.8 Å². The van der Waals surface area contributed by atoms with Gasteiger partial charge < -0.3 is 10.1 Å². The van der Waals surface area contributed by atoms with Gasteiger partial charge in [0.2, 0.25) is 0 Å². The van der Waals surface area contributed by atoms with Crippen LogP contribution in [0.25, 0.3) is 0 Å². The third kappa shape index (κ3) is 2.52. The first-order chi connectivity index (χ1) is 7.12. The second-order valence-electron chi connectivity index (χ2n) is 4.59. The van der Waals surface area contributed by atoms with Gasteiger partial charge in [0.05, 0.1) is 18.1 Å². The summed E-state index contributed by atoms with van der Waals surface area (Å²) in [6.45, 7) is 1.51. The second kappa shape index (κ2) is 4.39. The van der Waals surface area contributed by atoms with Crippen molar-refractivity contribution in [3.63, 3.8) is 0 Å². The molecule has 5 heteroatoms. The zero-order chi connectivity index (χ0) is 10.9. The summed E-state index contributed by atoms with van der Waals surface area (Å²) >= 11 is 0. The third-order valence-electron chi connectivity index (χ3n) is 3.64. The summed E-state index contributed by atoms with van der Waals surface area (Å²) in [6, 6.07) is 0.428. The Morgan fingerprint density at radius 3 is 2.73 bits per heavy atom. The molecule has 2 aliphatic rings. The molecular formula is C10H19NO3S. The normalized spacial score (nSPS) is 40.5. The lowest BCUT2D eigenvalue weighted by Crippen LogP contribution is -2.44. The Balaban J connectivity index is 2.03. The van der Waals surface area contributed by atoms with Crippen LogP contribution in [0.2, 0.25) is 0 Å². The van der Waals surface area contributed by atoms with Crippen molar-refractivity contribution in [2.24, 2.45) is 11.8 Å². The lowest BCUT2D eigenvalue weighted by atomic mass is 9.83. The molecule has 4 nitrogen and oxygen atoms in total. The maximum absolute atomic E-state index is 11.4. The molecule has 15 heavy (non-hydrogen) atoms. The lowest BCUT2D eigenvalue weighted by molar-refractivity contribution is 0.0139. The van der Waals surface area contributed by atoms with E-state index in [0.717, 1.165) is 19.4 Å². The number of hydrogen-bond donors (Lipinski definition) is 1. The Morgan fingerprint density at radius 1 is 1.33 bits per heavy atom. The lowest BCUT2D eigenvalue weighted by Gasteiger charge is -2.34. The van der Waals surface area contributed by atoms with Crippen molar-refractivity contribution >= 4 is 9.84 Å². The van der Waals surface area contributed by atoms with Crippen molar-refractivity contribution in [2.75, 3.05) is 31.8 Å². The molecule has 0 aromatic heterocycles. The highest BCUT2D eigenvalue weighted by atomic mass is 32.2. The van der Waals surface area contributed by atoms with Gasteiger partial charge in [-0.2, -0.15) is 0 Å². The smallest absolute Gasteiger partial charge is 0.150 e. The molecule has 2 fully saturated rings. The van der Waals surface area contributed by atoms with Crippen LogP contribution >= 0.6 is 0 Å². The number of hydrogen-bond acceptors (Lipinski definition) is 4. The summed E-state index contributed by atoms with van der Waals surface area (Å²) in [4.78, 5) is 0. The number of rotatable bonds is 2. The largest absolute Gasteiger partial charge is 0.381 e. The Morgan fingerprint density at radius 2 is 2.13 bits per heavy atom. The minimum Gasteiger partial charge on any atom is -0.381 e. The monoisotopic (exact) mass is 233 g/mol. The topological polar surface area (TPSA) is 55.4 Å². The van der Waals surface area contributed by atoms with E-state index in [4.69, 9.17) is 4.74 Å². The summed E-state index contributed by atoms with van der Waals surface area (Å²) in [5.41, 5.74) is 0. The van der Waals surface area contributed by atoms with Crippen LogP contribution in [0.5, 0.6) is 0 Å². The van der Waals surface area contributed by atoms with Gasteiger partial charge in [0.15, 0.2) is 9.84 Å². The van der Waals surface area contributed by atoms with E-state index in [9.17, 15) is 8.42 Å². The summed E-state index contributed by atoms with van der Waals surface area (Å²) in [5.74, 6) is 1.40. The van der Waals surface area contributed by atoms with Crippen molar-refractivity contribution in [3.05, 3.63) is 0 Å². The van der Waals surface area contributed by atoms with E-state index in [1.54, 1.807) is 0 Å². The SMILES string of the molecule is CNC1CCOCC1C1CCS(=O)(=O)C1. The molecule has 2 aliphatic heterocycles. The van der Waals surface area contributed by atoms with E-state index in [1.165, 1.54) is 0 Å². The number of sulfone groups is 1. The van der Waals surface area contributed by atoms with E-state index in [-0.39, 0.29) is 0 Å². The van der Waals surface area contributed by atoms with Crippen molar-refractivity contribution in [3.8, 4) is 0 Å². The summed E-state index contributed by atoms with van der Waals surface area (Å²) in [5, 5.41) is 3.28. The van der Waals surface area contributed by atoms with Gasteiger partial charge in [-0.3, -0.25) is 0 Å². The van der Waals surface area contributed by atoms with E-state index < -0.39 is 9.84 Å². The van der Waals surface area contributed by atoms with Crippen LogP contribution in [-0.2, 0) is 14.6 Å². The van der Waals surface area contributed by atoms with Gasteiger partial charge in [0.1, 0.15) is 0 Å². The second-order valence-corrected chi connectivity index (χ2v) is 6.81. The van der Waals surface area contributed by atoms with Crippen molar-refractivity contribution in [2.45, 2.75) is 18.9 Å². The summed E-state index contributed by atoms with van der Waals surface area (Å²) < 4.78 is 28.3. The maximum Gasteiger partial charge on any atom is 0.150 e. The average molecular weight is 233 g/mol. The molecule has 2 heterocycles. The molecule has 0 aliphatic carbocycles. The minimum atomic E-state index is -2.76. The van der Waals surface area contributed by atoms with Crippen LogP contribution in [0.15, 0.2) is 0 Å². The first kappa shape index (κ1) is 11.4. The third-order valence-corrected chi connectivity index (χ3v) is 5.44. The van der Waals surface area contributed by atoms with Gasteiger partial charge in [-0.05, 0) is 25.8 Å². The molecule has 0 saturated carbocycles. The van der Waals surface area contributed by atoms with Crippen LogP contribution in [0, 0.1) is 11.8 Å². The highest BCUT2D eigenvalue weighted by Gasteiger charge is 2.38. The van der Waals surface area contributed by atoms with Crippen molar-refractivity contribution < 1.29 is 13.2 Å². The van der Waals surface area contributed by atoms with Crippen LogP contribution < -0.4 is 5.32 Å². The van der Waals surface area contributed by atoms with E-state index in [2.05, 4.69) is 5.32 Å². The minimum absolute atomic E-state index is 0.299. The van der Waals surface area contributed by atoms with Gasteiger partial charge >= 0.3 is 0 Å². The molecule has 0 amide bonds. The summed E-state index contributed by atoms with van der Waals surface area (Å²) in [7, 11) is -0.809. The van der Waals surface area contributed by atoms with Gasteiger partial charge in [-0.1, -0.05) is 0 Å². The highest BCUT2D eigenvalue weighted by molar-refractivity contribution is 7.91. The molecule has 0 aromatic rings. The standard InChI is InChI=1S/C10H19NO3S/c1-11-10-2-4-14-6-9(10)8-3-5-15(12,13)7-8/h8-11H,2-7H2,1H3. The molecule has 2 saturated heterocycles. The van der Waals surface area contributed by atoms with Crippen LogP contribution in [-0.4, -0.2) is 46.2 Å². The van der Waals surface area contributed by atoms with Gasteiger partial charge in [0.25, 0.3) is 0 Å². The van der Waals surface area contributed by atoms with Gasteiger partial charge in [-0.25, -0.2) is 8.42 Å². The molecular weight excluding hydrogens is 214 g/mol. The fourth-order valence-corrected chi connectivity index (χ4v) is 4.64. The molecule has 3 unspecified atom stereocenters. The van der Waals surface area contributed by atoms with E-state index >= 15 is 0 Å². The molecule has 0 aromatic carbocycles. The predicted octanol–water partition coefficient (Wildman–Crippen LogP) is 0.0456. The van der Waals surface area contributed by atoms with Crippen LogP contribution in [0.4, 0.5) is 0 Å². The quantitative estimate of drug-likeness (QED) is 0.732. The Labute approximate surface area is 91.3 Å². The first-order valence-electron chi connectivity index (χ1n) is 5.58. The zero-order valence-electron chi connectivity index (χ0n) is 9.11. The highest BCUT2D eigenvalue weighted by Crippen LogP contribution is 2.31. The van der Waals surface area contributed by atoms with Gasteiger partial charge in [0, 0.05) is 18.6 Å².